The third-order valence-electron chi connectivity index (χ3n) is 4.34. The van der Waals surface area contributed by atoms with Crippen molar-refractivity contribution < 1.29 is 28.0 Å². The number of carbonyl (C=O) groups excluding carboxylic acids is 1. The van der Waals surface area contributed by atoms with Gasteiger partial charge >= 0.3 is 6.18 Å². The average Bonchev–Trinajstić information content (AvgIpc) is 3.00. The summed E-state index contributed by atoms with van der Waals surface area (Å²) >= 11 is 0. The lowest BCUT2D eigenvalue weighted by atomic mass is 10.00. The molecule has 28 heavy (non-hydrogen) atoms. The summed E-state index contributed by atoms with van der Waals surface area (Å²) in [4.78, 5) is 22.6. The van der Waals surface area contributed by atoms with Gasteiger partial charge in [-0.3, -0.25) is 14.9 Å². The minimum absolute atomic E-state index is 0.0106. The Labute approximate surface area is 156 Å². The number of carbonyl (C=O) groups is 1. The number of benzene rings is 2. The Kier molecular flexibility index (Phi) is 4.67. The van der Waals surface area contributed by atoms with Gasteiger partial charge < -0.3 is 5.11 Å². The Hall–Kier alpha value is -3.27. The number of hydrogen-bond acceptors (Lipinski definition) is 5. The van der Waals surface area contributed by atoms with E-state index in [-0.39, 0.29) is 22.0 Å². The number of non-ortho nitro benzene ring substituents is 1. The first-order valence-electron chi connectivity index (χ1n) is 8.05. The van der Waals surface area contributed by atoms with Crippen molar-refractivity contribution in [3.05, 3.63) is 75.3 Å². The van der Waals surface area contributed by atoms with E-state index in [2.05, 4.69) is 5.10 Å². The molecule has 0 fully saturated rings. The standard InChI is InChI=1S/C18H14F3N3O4/c1-11-2-4-12(5-3-11)15-10-17(26,18(19,20)21)23(22-15)16(25)13-6-8-14(9-7-13)24(27)28/h2-9,26H,10H2,1H3/t17-/m0/s1. The molecule has 3 rings (SSSR count). The molecule has 7 nitrogen and oxygen atoms in total. The summed E-state index contributed by atoms with van der Waals surface area (Å²) < 4.78 is 40.8. The minimum atomic E-state index is -5.17. The van der Waals surface area contributed by atoms with Crippen molar-refractivity contribution in [2.24, 2.45) is 5.10 Å². The maximum Gasteiger partial charge on any atom is 0.438 e. The van der Waals surface area contributed by atoms with Crippen LogP contribution in [0.25, 0.3) is 0 Å². The molecular formula is C18H14F3N3O4. The van der Waals surface area contributed by atoms with Crippen molar-refractivity contribution in [1.82, 2.24) is 5.01 Å². The molecule has 0 spiro atoms. The molecule has 1 atom stereocenters. The van der Waals surface area contributed by atoms with E-state index in [1.54, 1.807) is 31.2 Å². The summed E-state index contributed by atoms with van der Waals surface area (Å²) in [7, 11) is 0. The molecule has 1 aliphatic rings. The van der Waals surface area contributed by atoms with Gasteiger partial charge in [0.25, 0.3) is 17.3 Å². The van der Waals surface area contributed by atoms with Gasteiger partial charge in [-0.05, 0) is 24.6 Å². The molecule has 0 saturated carbocycles. The van der Waals surface area contributed by atoms with Gasteiger partial charge in [-0.1, -0.05) is 29.8 Å². The Balaban J connectivity index is 2.01. The number of nitro groups is 1. The van der Waals surface area contributed by atoms with Crippen LogP contribution in [0.3, 0.4) is 0 Å². The van der Waals surface area contributed by atoms with Crippen LogP contribution in [-0.2, 0) is 0 Å². The second kappa shape index (κ2) is 6.71. The SMILES string of the molecule is Cc1ccc(C2=NN(C(=O)c3ccc([N+](=O)[O-])cc3)[C@@](O)(C(F)(F)F)C2)cc1. The smallest absolute Gasteiger partial charge is 0.362 e. The average molecular weight is 393 g/mol. The van der Waals surface area contributed by atoms with E-state index in [1.165, 1.54) is 0 Å². The molecule has 1 heterocycles. The maximum absolute atomic E-state index is 13.6. The molecule has 1 aliphatic heterocycles. The topological polar surface area (TPSA) is 96.0 Å². The molecule has 2 aromatic rings. The molecule has 1 N–H and O–H groups in total. The van der Waals surface area contributed by atoms with Crippen molar-refractivity contribution in [3.8, 4) is 0 Å². The Morgan fingerprint density at radius 3 is 2.25 bits per heavy atom. The first kappa shape index (κ1) is 19.5. The lowest BCUT2D eigenvalue weighted by Gasteiger charge is -2.32. The summed E-state index contributed by atoms with van der Waals surface area (Å²) in [5, 5.41) is 24.7. The third kappa shape index (κ3) is 3.33. The van der Waals surface area contributed by atoms with E-state index in [4.69, 9.17) is 0 Å². The van der Waals surface area contributed by atoms with Crippen molar-refractivity contribution >= 4 is 17.3 Å². The summed E-state index contributed by atoms with van der Waals surface area (Å²) in [5.41, 5.74) is -3.00. The zero-order valence-corrected chi connectivity index (χ0v) is 14.5. The third-order valence-corrected chi connectivity index (χ3v) is 4.34. The van der Waals surface area contributed by atoms with Gasteiger partial charge in [-0.2, -0.15) is 23.3 Å². The number of hydrogen-bond donors (Lipinski definition) is 1. The summed E-state index contributed by atoms with van der Waals surface area (Å²) in [5.74, 6) is -1.23. The molecule has 0 radical (unpaired) electrons. The molecule has 10 heteroatoms. The van der Waals surface area contributed by atoms with Gasteiger partial charge in [0, 0.05) is 17.7 Å². The van der Waals surface area contributed by atoms with Gasteiger partial charge in [-0.25, -0.2) is 0 Å². The number of nitrogens with zero attached hydrogens (tertiary/aromatic N) is 3. The highest BCUT2D eigenvalue weighted by Crippen LogP contribution is 2.42. The van der Waals surface area contributed by atoms with Crippen LogP contribution in [-0.4, -0.2) is 38.6 Å². The predicted octanol–water partition coefficient (Wildman–Crippen LogP) is 3.40. The van der Waals surface area contributed by atoms with E-state index in [0.717, 1.165) is 29.8 Å². The van der Waals surface area contributed by atoms with Crippen molar-refractivity contribution in [2.75, 3.05) is 0 Å². The normalized spacial score (nSPS) is 19.5. The fourth-order valence-electron chi connectivity index (χ4n) is 2.73. The number of alkyl halides is 3. The van der Waals surface area contributed by atoms with E-state index in [1.807, 2.05) is 0 Å². The lowest BCUT2D eigenvalue weighted by molar-refractivity contribution is -0.384. The van der Waals surface area contributed by atoms with Gasteiger partial charge in [0.15, 0.2) is 0 Å². The van der Waals surface area contributed by atoms with E-state index >= 15 is 0 Å². The van der Waals surface area contributed by atoms with Crippen LogP contribution in [0, 0.1) is 17.0 Å². The Morgan fingerprint density at radius 1 is 1.18 bits per heavy atom. The number of nitro benzene ring substituents is 1. The molecule has 1 amide bonds. The van der Waals surface area contributed by atoms with Crippen LogP contribution in [0.1, 0.15) is 27.9 Å². The monoisotopic (exact) mass is 393 g/mol. The molecule has 2 aromatic carbocycles. The van der Waals surface area contributed by atoms with Gasteiger partial charge in [0.05, 0.1) is 17.1 Å². The summed E-state index contributed by atoms with van der Waals surface area (Å²) in [6.45, 7) is 1.80. The zero-order valence-electron chi connectivity index (χ0n) is 14.5. The van der Waals surface area contributed by atoms with Gasteiger partial charge in [0.2, 0.25) is 0 Å². The zero-order chi connectivity index (χ0) is 20.7. The minimum Gasteiger partial charge on any atom is -0.362 e. The van der Waals surface area contributed by atoms with E-state index in [9.17, 15) is 33.2 Å². The van der Waals surface area contributed by atoms with Crippen LogP contribution in [0.2, 0.25) is 0 Å². The molecule has 0 aliphatic carbocycles. The van der Waals surface area contributed by atoms with Crippen molar-refractivity contribution in [3.63, 3.8) is 0 Å². The number of aliphatic hydroxyl groups is 1. The highest BCUT2D eigenvalue weighted by molar-refractivity contribution is 6.05. The fraction of sp³-hybridized carbons (Fsp3) is 0.222. The van der Waals surface area contributed by atoms with E-state index < -0.39 is 29.2 Å². The molecule has 0 saturated heterocycles. The van der Waals surface area contributed by atoms with Crippen LogP contribution in [0.15, 0.2) is 53.6 Å². The quantitative estimate of drug-likeness (QED) is 0.639. The highest BCUT2D eigenvalue weighted by Gasteiger charge is 2.63. The first-order valence-corrected chi connectivity index (χ1v) is 8.05. The largest absolute Gasteiger partial charge is 0.438 e. The lowest BCUT2D eigenvalue weighted by Crippen LogP contribution is -2.56. The summed E-state index contributed by atoms with van der Waals surface area (Å²) in [6.07, 6.45) is -6.10. The number of hydrazone groups is 1. The van der Waals surface area contributed by atoms with Gasteiger partial charge in [-0.15, -0.1) is 0 Å². The Morgan fingerprint density at radius 2 is 1.75 bits per heavy atom. The first-order chi connectivity index (χ1) is 13.0. The van der Waals surface area contributed by atoms with Crippen LogP contribution < -0.4 is 0 Å². The number of aryl methyl sites for hydroxylation is 1. The highest BCUT2D eigenvalue weighted by atomic mass is 19.4. The molecule has 0 unspecified atom stereocenters. The van der Waals surface area contributed by atoms with Crippen molar-refractivity contribution in [1.29, 1.82) is 0 Å². The number of rotatable bonds is 3. The second-order valence-electron chi connectivity index (χ2n) is 6.32. The molecule has 0 aromatic heterocycles. The Bertz CT molecular complexity index is 956. The van der Waals surface area contributed by atoms with Crippen LogP contribution in [0.5, 0.6) is 0 Å². The van der Waals surface area contributed by atoms with E-state index in [0.29, 0.717) is 5.56 Å². The number of halogens is 3. The van der Waals surface area contributed by atoms with Crippen molar-refractivity contribution in [2.45, 2.75) is 25.2 Å². The molecule has 146 valence electrons. The predicted molar refractivity (Wildman–Crippen MR) is 92.6 cm³/mol. The van der Waals surface area contributed by atoms with Crippen LogP contribution in [0.4, 0.5) is 18.9 Å². The fourth-order valence-corrected chi connectivity index (χ4v) is 2.73. The van der Waals surface area contributed by atoms with Gasteiger partial charge in [0.1, 0.15) is 0 Å². The summed E-state index contributed by atoms with van der Waals surface area (Å²) in [6, 6.07) is 10.4. The molecule has 0 bridgehead atoms. The number of amides is 1. The second-order valence-corrected chi connectivity index (χ2v) is 6.32. The molecular weight excluding hydrogens is 379 g/mol. The maximum atomic E-state index is 13.6. The van der Waals surface area contributed by atoms with Crippen LogP contribution >= 0.6 is 0 Å².